The SMILES string of the molecule is CCC1CCC(C2(C)C=CC(c3cnc(-c4ccc(C[C@H](NC(=O)c5ccc(C(C)(C)C)cc5)C(=O)O)cc4)nc3)=CC2)CC1. The number of rotatable bonds is 9. The normalized spacial score (nSPS) is 22.4. The van der Waals surface area contributed by atoms with E-state index in [4.69, 9.17) is 0 Å². The van der Waals surface area contributed by atoms with Crippen LogP contribution in [0.1, 0.15) is 100 Å². The van der Waals surface area contributed by atoms with E-state index < -0.39 is 17.9 Å². The Morgan fingerprint density at radius 3 is 2.13 bits per heavy atom. The molecule has 3 aromatic rings. The summed E-state index contributed by atoms with van der Waals surface area (Å²) in [5.74, 6) is 0.800. The van der Waals surface area contributed by atoms with Gasteiger partial charge in [0, 0.05) is 35.5 Å². The quantitative estimate of drug-likeness (QED) is 0.255. The van der Waals surface area contributed by atoms with Crippen molar-refractivity contribution in [2.45, 2.75) is 91.0 Å². The molecular formula is C39H47N3O3. The number of carboxylic acid groups (broad SMARTS) is 1. The van der Waals surface area contributed by atoms with Crippen LogP contribution in [0.2, 0.25) is 0 Å². The van der Waals surface area contributed by atoms with Crippen molar-refractivity contribution in [3.8, 4) is 11.4 Å². The van der Waals surface area contributed by atoms with Crippen LogP contribution in [0.3, 0.4) is 0 Å². The van der Waals surface area contributed by atoms with Crippen molar-refractivity contribution in [3.63, 3.8) is 0 Å². The van der Waals surface area contributed by atoms with Gasteiger partial charge >= 0.3 is 5.97 Å². The van der Waals surface area contributed by atoms with Gasteiger partial charge in [-0.25, -0.2) is 14.8 Å². The maximum Gasteiger partial charge on any atom is 0.326 e. The summed E-state index contributed by atoms with van der Waals surface area (Å²) in [6.45, 7) is 11.0. The molecule has 1 saturated carbocycles. The number of aromatic nitrogens is 2. The molecule has 2 aliphatic rings. The molecule has 0 spiro atoms. The minimum atomic E-state index is -1.08. The summed E-state index contributed by atoms with van der Waals surface area (Å²) in [6.07, 6.45) is 18.7. The van der Waals surface area contributed by atoms with Gasteiger partial charge in [-0.05, 0) is 70.8 Å². The highest BCUT2D eigenvalue weighted by molar-refractivity contribution is 5.96. The number of nitrogens with one attached hydrogen (secondary N) is 1. The molecular weight excluding hydrogens is 558 g/mol. The van der Waals surface area contributed by atoms with Gasteiger partial charge < -0.3 is 10.4 Å². The number of carboxylic acids is 1. The Hall–Kier alpha value is -4.06. The number of benzene rings is 2. The van der Waals surface area contributed by atoms with Crippen LogP contribution in [-0.4, -0.2) is 33.0 Å². The van der Waals surface area contributed by atoms with Crippen LogP contribution < -0.4 is 5.32 Å². The van der Waals surface area contributed by atoms with Gasteiger partial charge in [-0.1, -0.05) is 109 Å². The highest BCUT2D eigenvalue weighted by Crippen LogP contribution is 2.46. The molecule has 0 aliphatic heterocycles. The number of nitrogens with zero attached hydrogens (tertiary/aromatic N) is 2. The summed E-state index contributed by atoms with van der Waals surface area (Å²) in [5.41, 5.74) is 5.58. The molecule has 2 N–H and O–H groups in total. The van der Waals surface area contributed by atoms with Crippen LogP contribution in [0.5, 0.6) is 0 Å². The topological polar surface area (TPSA) is 92.2 Å². The van der Waals surface area contributed by atoms with Gasteiger partial charge in [0.2, 0.25) is 0 Å². The second-order valence-corrected chi connectivity index (χ2v) is 14.2. The molecule has 1 amide bonds. The van der Waals surface area contributed by atoms with Gasteiger partial charge in [-0.3, -0.25) is 4.79 Å². The van der Waals surface area contributed by atoms with Crippen LogP contribution in [0.25, 0.3) is 17.0 Å². The van der Waals surface area contributed by atoms with Crippen molar-refractivity contribution < 1.29 is 14.7 Å². The fourth-order valence-electron chi connectivity index (χ4n) is 6.71. The second kappa shape index (κ2) is 13.5. The van der Waals surface area contributed by atoms with E-state index in [1.807, 2.05) is 48.8 Å². The molecule has 2 atom stereocenters. The van der Waals surface area contributed by atoms with Crippen LogP contribution >= 0.6 is 0 Å². The number of allylic oxidation sites excluding steroid dienone is 4. The molecule has 2 aromatic carbocycles. The van der Waals surface area contributed by atoms with E-state index in [1.165, 1.54) is 37.7 Å². The molecule has 236 valence electrons. The molecule has 1 fully saturated rings. The number of hydrogen-bond donors (Lipinski definition) is 2. The lowest BCUT2D eigenvalue weighted by molar-refractivity contribution is -0.139. The lowest BCUT2D eigenvalue weighted by atomic mass is 9.64. The Balaban J connectivity index is 1.18. The molecule has 1 unspecified atom stereocenters. The number of carbonyl (C=O) groups excluding carboxylic acids is 1. The van der Waals surface area contributed by atoms with E-state index in [1.54, 1.807) is 12.1 Å². The minimum Gasteiger partial charge on any atom is -0.480 e. The third kappa shape index (κ3) is 7.78. The van der Waals surface area contributed by atoms with Gasteiger partial charge in [0.15, 0.2) is 5.82 Å². The zero-order valence-electron chi connectivity index (χ0n) is 27.3. The first kappa shape index (κ1) is 32.3. The Morgan fingerprint density at radius 1 is 0.956 bits per heavy atom. The predicted molar refractivity (Wildman–Crippen MR) is 181 cm³/mol. The molecule has 45 heavy (non-hydrogen) atoms. The monoisotopic (exact) mass is 605 g/mol. The van der Waals surface area contributed by atoms with E-state index >= 15 is 0 Å². The van der Waals surface area contributed by atoms with Crippen molar-refractivity contribution in [2.75, 3.05) is 0 Å². The van der Waals surface area contributed by atoms with E-state index in [0.29, 0.717) is 11.4 Å². The van der Waals surface area contributed by atoms with Gasteiger partial charge in [0.25, 0.3) is 5.91 Å². The van der Waals surface area contributed by atoms with E-state index in [9.17, 15) is 14.7 Å². The third-order valence-corrected chi connectivity index (χ3v) is 10.0. The fraction of sp³-hybridized carbons (Fsp3) is 0.436. The lowest BCUT2D eigenvalue weighted by Gasteiger charge is -2.41. The van der Waals surface area contributed by atoms with Gasteiger partial charge in [0.05, 0.1) is 0 Å². The average Bonchev–Trinajstić information content (AvgIpc) is 3.05. The van der Waals surface area contributed by atoms with Crippen LogP contribution in [0.15, 0.2) is 79.2 Å². The standard InChI is InChI=1S/C39H47N3O3/c1-6-26-9-15-33(16-10-26)39(5)21-19-28(20-22-39)31-24-40-35(41-25-31)29-11-7-27(8-12-29)23-34(37(44)45)42-36(43)30-13-17-32(18-14-30)38(2,3)4/h7-8,11-14,17-21,24-26,33-34H,6,9-10,15-16,22-23H2,1-5H3,(H,42,43)(H,44,45)/t26?,33?,34-,39?/m0/s1. The van der Waals surface area contributed by atoms with Crippen LogP contribution in [0.4, 0.5) is 0 Å². The zero-order valence-corrected chi connectivity index (χ0v) is 27.3. The Kier molecular flexibility index (Phi) is 9.71. The van der Waals surface area contributed by atoms with Crippen LogP contribution in [-0.2, 0) is 16.6 Å². The minimum absolute atomic E-state index is 0.0301. The van der Waals surface area contributed by atoms with Crippen molar-refractivity contribution in [1.29, 1.82) is 0 Å². The Morgan fingerprint density at radius 2 is 1.60 bits per heavy atom. The van der Waals surface area contributed by atoms with E-state index in [2.05, 4.69) is 68.1 Å². The summed E-state index contributed by atoms with van der Waals surface area (Å²) in [5, 5.41) is 12.5. The number of hydrogen-bond acceptors (Lipinski definition) is 4. The lowest BCUT2D eigenvalue weighted by Crippen LogP contribution is -2.42. The zero-order chi connectivity index (χ0) is 32.2. The first-order valence-corrected chi connectivity index (χ1v) is 16.4. The summed E-state index contributed by atoms with van der Waals surface area (Å²) < 4.78 is 0. The maximum absolute atomic E-state index is 12.8. The molecule has 0 radical (unpaired) electrons. The van der Waals surface area contributed by atoms with Crippen molar-refractivity contribution in [1.82, 2.24) is 15.3 Å². The Labute approximate surface area is 268 Å². The van der Waals surface area contributed by atoms with Crippen LogP contribution in [0, 0.1) is 17.3 Å². The first-order chi connectivity index (χ1) is 21.4. The summed E-state index contributed by atoms with van der Waals surface area (Å²) >= 11 is 0. The average molecular weight is 606 g/mol. The van der Waals surface area contributed by atoms with E-state index in [-0.39, 0.29) is 17.3 Å². The molecule has 1 aromatic heterocycles. The molecule has 1 heterocycles. The largest absolute Gasteiger partial charge is 0.480 e. The van der Waals surface area contributed by atoms with Crippen molar-refractivity contribution in [2.24, 2.45) is 17.3 Å². The fourth-order valence-corrected chi connectivity index (χ4v) is 6.71. The molecule has 2 aliphatic carbocycles. The molecule has 6 heteroatoms. The van der Waals surface area contributed by atoms with Gasteiger partial charge in [-0.15, -0.1) is 0 Å². The third-order valence-electron chi connectivity index (χ3n) is 10.0. The first-order valence-electron chi connectivity index (χ1n) is 16.4. The molecule has 6 nitrogen and oxygen atoms in total. The van der Waals surface area contributed by atoms with Gasteiger partial charge in [0.1, 0.15) is 6.04 Å². The highest BCUT2D eigenvalue weighted by atomic mass is 16.4. The predicted octanol–water partition coefficient (Wildman–Crippen LogP) is 8.43. The molecule has 5 rings (SSSR count). The summed E-state index contributed by atoms with van der Waals surface area (Å²) in [4.78, 5) is 34.1. The summed E-state index contributed by atoms with van der Waals surface area (Å²) in [7, 11) is 0. The Bertz CT molecular complexity index is 1540. The smallest absolute Gasteiger partial charge is 0.326 e. The number of carbonyl (C=O) groups is 2. The summed E-state index contributed by atoms with van der Waals surface area (Å²) in [6, 6.07) is 13.8. The number of amides is 1. The maximum atomic E-state index is 12.8. The van der Waals surface area contributed by atoms with Crippen molar-refractivity contribution >= 4 is 17.4 Å². The molecule has 0 saturated heterocycles. The van der Waals surface area contributed by atoms with E-state index in [0.717, 1.165) is 40.5 Å². The number of aliphatic carboxylic acids is 1. The second-order valence-electron chi connectivity index (χ2n) is 14.2. The highest BCUT2D eigenvalue weighted by Gasteiger charge is 2.35. The van der Waals surface area contributed by atoms with Gasteiger partial charge in [-0.2, -0.15) is 0 Å². The van der Waals surface area contributed by atoms with Crippen molar-refractivity contribution in [3.05, 3.63) is 101 Å². The molecule has 0 bridgehead atoms.